The molecule has 0 aromatic carbocycles. The first kappa shape index (κ1) is 18.3. The molecule has 0 saturated heterocycles. The number of rotatable bonds is 3. The van der Waals surface area contributed by atoms with Gasteiger partial charge in [-0.1, -0.05) is 13.8 Å². The van der Waals surface area contributed by atoms with Crippen LogP contribution in [0.1, 0.15) is 91.8 Å². The third kappa shape index (κ3) is 4.04. The highest BCUT2D eigenvalue weighted by Gasteiger charge is 2.42. The summed E-state index contributed by atoms with van der Waals surface area (Å²) in [6.45, 7) is 11.1. The van der Waals surface area contributed by atoms with Crippen molar-refractivity contribution >= 4 is 5.71 Å². The number of hydrogen-bond donors (Lipinski definition) is 1. The average molecular weight is 347 g/mol. The summed E-state index contributed by atoms with van der Waals surface area (Å²) in [6.07, 6.45) is 9.19. The van der Waals surface area contributed by atoms with Crippen molar-refractivity contribution in [2.45, 2.75) is 97.1 Å². The van der Waals surface area contributed by atoms with E-state index in [1.807, 2.05) is 4.68 Å². The third-order valence-electron chi connectivity index (χ3n) is 5.94. The molecule has 0 spiro atoms. The highest BCUT2D eigenvalue weighted by Crippen LogP contribution is 2.39. The molecular weight excluding hydrogens is 312 g/mol. The molecule has 0 amide bonds. The number of nitrogens with zero attached hydrogens (tertiary/aromatic N) is 5. The van der Waals surface area contributed by atoms with Gasteiger partial charge in [0.05, 0.1) is 5.54 Å². The molecule has 1 heterocycles. The van der Waals surface area contributed by atoms with Crippen LogP contribution in [0.25, 0.3) is 0 Å². The first-order chi connectivity index (χ1) is 11.8. The van der Waals surface area contributed by atoms with E-state index >= 15 is 0 Å². The summed E-state index contributed by atoms with van der Waals surface area (Å²) < 4.78 is 1.99. The van der Waals surface area contributed by atoms with Gasteiger partial charge in [-0.05, 0) is 94.4 Å². The minimum Gasteiger partial charge on any atom is -0.296 e. The highest BCUT2D eigenvalue weighted by molar-refractivity contribution is 5.84. The number of hydrogen-bond acceptors (Lipinski definition) is 5. The smallest absolute Gasteiger partial charge is 0.178 e. The zero-order valence-electron chi connectivity index (χ0n) is 16.5. The lowest BCUT2D eigenvalue weighted by molar-refractivity contribution is 0.168. The Morgan fingerprint density at radius 2 is 1.64 bits per heavy atom. The van der Waals surface area contributed by atoms with Crippen LogP contribution in [0.2, 0.25) is 0 Å². The molecule has 0 unspecified atom stereocenters. The van der Waals surface area contributed by atoms with Gasteiger partial charge >= 0.3 is 0 Å². The summed E-state index contributed by atoms with van der Waals surface area (Å²) in [7, 11) is 0. The van der Waals surface area contributed by atoms with Crippen molar-refractivity contribution < 1.29 is 0 Å². The van der Waals surface area contributed by atoms with Gasteiger partial charge in [0.25, 0.3) is 0 Å². The second-order valence-corrected chi connectivity index (χ2v) is 9.32. The predicted molar refractivity (Wildman–Crippen MR) is 100 cm³/mol. The van der Waals surface area contributed by atoms with Crippen LogP contribution >= 0.6 is 0 Å². The highest BCUT2D eigenvalue weighted by atomic mass is 15.6. The maximum Gasteiger partial charge on any atom is 0.178 e. The van der Waals surface area contributed by atoms with Crippen molar-refractivity contribution in [1.29, 1.82) is 0 Å². The van der Waals surface area contributed by atoms with E-state index < -0.39 is 0 Å². The van der Waals surface area contributed by atoms with E-state index in [4.69, 9.17) is 5.10 Å². The van der Waals surface area contributed by atoms with Crippen molar-refractivity contribution in [3.8, 4) is 0 Å². The Kier molecular flexibility index (Phi) is 5.16. The van der Waals surface area contributed by atoms with Gasteiger partial charge in [-0.15, -0.1) is 5.10 Å². The molecule has 0 radical (unpaired) electrons. The standard InChI is InChI=1S/C19H34N6/c1-14-6-8-16(9-7-14)20-22-19(12-10-15(2)11-13-19)17-21-23-24-25(17)18(3,4)5/h14-15,22H,6-13H2,1-5H3. The summed E-state index contributed by atoms with van der Waals surface area (Å²) in [6, 6.07) is 0. The van der Waals surface area contributed by atoms with Crippen molar-refractivity contribution in [3.63, 3.8) is 0 Å². The van der Waals surface area contributed by atoms with E-state index in [-0.39, 0.29) is 11.1 Å². The molecule has 1 aromatic heterocycles. The summed E-state index contributed by atoms with van der Waals surface area (Å²) >= 11 is 0. The molecule has 2 aliphatic rings. The predicted octanol–water partition coefficient (Wildman–Crippen LogP) is 3.99. The number of aromatic nitrogens is 4. The van der Waals surface area contributed by atoms with Gasteiger partial charge in [0.2, 0.25) is 0 Å². The third-order valence-corrected chi connectivity index (χ3v) is 5.94. The van der Waals surface area contributed by atoms with Gasteiger partial charge in [0, 0.05) is 5.71 Å². The zero-order valence-corrected chi connectivity index (χ0v) is 16.5. The molecule has 6 nitrogen and oxygen atoms in total. The van der Waals surface area contributed by atoms with E-state index in [1.54, 1.807) is 0 Å². The van der Waals surface area contributed by atoms with Gasteiger partial charge in [-0.3, -0.25) is 5.43 Å². The maximum absolute atomic E-state index is 4.88. The van der Waals surface area contributed by atoms with Crippen LogP contribution in [0, 0.1) is 11.8 Å². The van der Waals surface area contributed by atoms with Crippen LogP contribution in [-0.4, -0.2) is 25.9 Å². The molecule has 0 atom stereocenters. The monoisotopic (exact) mass is 346 g/mol. The summed E-state index contributed by atoms with van der Waals surface area (Å²) in [4.78, 5) is 0. The van der Waals surface area contributed by atoms with Gasteiger partial charge in [-0.2, -0.15) is 5.10 Å². The quantitative estimate of drug-likeness (QED) is 0.840. The van der Waals surface area contributed by atoms with Crippen LogP contribution in [-0.2, 0) is 11.1 Å². The van der Waals surface area contributed by atoms with Crippen molar-refractivity contribution in [3.05, 3.63) is 5.82 Å². The Morgan fingerprint density at radius 1 is 1.04 bits per heavy atom. The van der Waals surface area contributed by atoms with Crippen LogP contribution in [0.15, 0.2) is 5.10 Å². The number of tetrazole rings is 1. The molecule has 2 aliphatic carbocycles. The summed E-state index contributed by atoms with van der Waals surface area (Å²) in [5.74, 6) is 2.54. The Hall–Kier alpha value is -1.46. The Morgan fingerprint density at radius 3 is 2.24 bits per heavy atom. The fourth-order valence-electron chi connectivity index (χ4n) is 3.97. The van der Waals surface area contributed by atoms with E-state index in [2.05, 4.69) is 55.6 Å². The van der Waals surface area contributed by atoms with Crippen LogP contribution in [0.4, 0.5) is 0 Å². The minimum absolute atomic E-state index is 0.135. The molecular formula is C19H34N6. The lowest BCUT2D eigenvalue weighted by Crippen LogP contribution is -2.47. The first-order valence-electron chi connectivity index (χ1n) is 9.92. The molecule has 0 bridgehead atoms. The van der Waals surface area contributed by atoms with Crippen molar-refractivity contribution in [1.82, 2.24) is 25.6 Å². The van der Waals surface area contributed by atoms with Crippen LogP contribution < -0.4 is 5.43 Å². The van der Waals surface area contributed by atoms with E-state index in [0.29, 0.717) is 0 Å². The first-order valence-corrected chi connectivity index (χ1v) is 9.92. The minimum atomic E-state index is -0.237. The second kappa shape index (κ2) is 7.04. The number of nitrogens with one attached hydrogen (secondary N) is 1. The second-order valence-electron chi connectivity index (χ2n) is 9.32. The zero-order chi connectivity index (χ0) is 18.1. The molecule has 3 rings (SSSR count). The van der Waals surface area contributed by atoms with E-state index in [1.165, 1.54) is 31.4 Å². The normalized spacial score (nSPS) is 31.0. The van der Waals surface area contributed by atoms with Crippen molar-refractivity contribution in [2.24, 2.45) is 16.9 Å². The van der Waals surface area contributed by atoms with Crippen LogP contribution in [0.3, 0.4) is 0 Å². The van der Waals surface area contributed by atoms with E-state index in [0.717, 1.165) is 43.3 Å². The Balaban J connectivity index is 1.87. The molecule has 1 aromatic rings. The molecule has 1 N–H and O–H groups in total. The summed E-state index contributed by atoms with van der Waals surface area (Å²) in [5.41, 5.74) is 4.52. The maximum atomic E-state index is 4.88. The summed E-state index contributed by atoms with van der Waals surface area (Å²) in [5, 5.41) is 17.6. The average Bonchev–Trinajstić information content (AvgIpc) is 3.07. The van der Waals surface area contributed by atoms with E-state index in [9.17, 15) is 0 Å². The fraction of sp³-hybridized carbons (Fsp3) is 0.895. The SMILES string of the molecule is CC1CCC(=NNC2(c3nnnn3C(C)(C)C)CCC(C)CC2)CC1. The molecule has 2 fully saturated rings. The Labute approximate surface area is 151 Å². The molecule has 2 saturated carbocycles. The lowest BCUT2D eigenvalue weighted by atomic mass is 9.76. The lowest BCUT2D eigenvalue weighted by Gasteiger charge is -2.39. The van der Waals surface area contributed by atoms with Gasteiger partial charge in [-0.25, -0.2) is 4.68 Å². The van der Waals surface area contributed by atoms with Crippen LogP contribution in [0.5, 0.6) is 0 Å². The molecule has 0 aliphatic heterocycles. The topological polar surface area (TPSA) is 68.0 Å². The molecule has 6 heteroatoms. The van der Waals surface area contributed by atoms with Gasteiger partial charge in [0.1, 0.15) is 5.54 Å². The largest absolute Gasteiger partial charge is 0.296 e. The number of hydrazone groups is 1. The van der Waals surface area contributed by atoms with Crippen molar-refractivity contribution in [2.75, 3.05) is 0 Å². The van der Waals surface area contributed by atoms with Gasteiger partial charge in [0.15, 0.2) is 5.82 Å². The fourth-order valence-corrected chi connectivity index (χ4v) is 3.97. The molecule has 25 heavy (non-hydrogen) atoms. The van der Waals surface area contributed by atoms with Gasteiger partial charge < -0.3 is 0 Å². The Bertz CT molecular complexity index is 594. The molecule has 140 valence electrons.